The fourth-order valence-corrected chi connectivity index (χ4v) is 3.33. The van der Waals surface area contributed by atoms with Gasteiger partial charge in [-0.2, -0.15) is 15.2 Å². The zero-order valence-electron chi connectivity index (χ0n) is 15.5. The van der Waals surface area contributed by atoms with E-state index in [4.69, 9.17) is 0 Å². The highest BCUT2D eigenvalue weighted by Crippen LogP contribution is 2.18. The molecule has 1 fully saturated rings. The van der Waals surface area contributed by atoms with Gasteiger partial charge in [0.25, 0.3) is 0 Å². The maximum Gasteiger partial charge on any atom is 0.318 e. The van der Waals surface area contributed by atoms with E-state index in [1.807, 2.05) is 35.2 Å². The summed E-state index contributed by atoms with van der Waals surface area (Å²) in [6.07, 6.45) is 5.43. The molecule has 0 spiro atoms. The number of nitrogens with one attached hydrogen (secondary N) is 2. The van der Waals surface area contributed by atoms with Gasteiger partial charge in [-0.1, -0.05) is 30.3 Å². The van der Waals surface area contributed by atoms with E-state index in [9.17, 15) is 4.79 Å². The normalized spacial score (nSPS) is 15.4. The fourth-order valence-electron chi connectivity index (χ4n) is 3.33. The molecule has 28 heavy (non-hydrogen) atoms. The second-order valence-corrected chi connectivity index (χ2v) is 6.64. The standard InChI is InChI=1S/C18H23N9O/c28-18(26-10-8-25(9-11-26)17-20-13-21-24-17)23-16(15-4-2-1-3-5-15)6-7-27-14-19-12-22-27/h1-5,12-14,16H,6-11H2,(H,23,28)(H,20,21,24)/t16-/m0/s1. The minimum absolute atomic E-state index is 0.0512. The Hall–Kier alpha value is -3.43. The summed E-state index contributed by atoms with van der Waals surface area (Å²) in [6, 6.07) is 9.88. The van der Waals surface area contributed by atoms with Gasteiger partial charge in [-0.25, -0.2) is 14.9 Å². The molecule has 4 rings (SSSR count). The molecule has 0 unspecified atom stereocenters. The van der Waals surface area contributed by atoms with E-state index in [1.165, 1.54) is 12.7 Å². The summed E-state index contributed by atoms with van der Waals surface area (Å²) in [7, 11) is 0. The molecule has 146 valence electrons. The molecule has 0 bridgehead atoms. The molecule has 1 aliphatic rings. The molecule has 1 aromatic carbocycles. The number of piperazine rings is 1. The summed E-state index contributed by atoms with van der Waals surface area (Å²) in [5.74, 6) is 0.745. The molecular weight excluding hydrogens is 358 g/mol. The van der Waals surface area contributed by atoms with Crippen molar-refractivity contribution in [2.45, 2.75) is 19.0 Å². The van der Waals surface area contributed by atoms with Crippen LogP contribution >= 0.6 is 0 Å². The summed E-state index contributed by atoms with van der Waals surface area (Å²) >= 11 is 0. The van der Waals surface area contributed by atoms with Crippen molar-refractivity contribution in [1.82, 2.24) is 40.2 Å². The molecule has 0 aliphatic carbocycles. The van der Waals surface area contributed by atoms with Gasteiger partial charge in [-0.05, 0) is 12.0 Å². The second kappa shape index (κ2) is 8.51. The Bertz CT molecular complexity index is 843. The molecule has 2 N–H and O–H groups in total. The van der Waals surface area contributed by atoms with E-state index >= 15 is 0 Å². The van der Waals surface area contributed by atoms with Crippen molar-refractivity contribution >= 4 is 12.0 Å². The van der Waals surface area contributed by atoms with Crippen molar-refractivity contribution in [2.75, 3.05) is 31.1 Å². The molecule has 10 nitrogen and oxygen atoms in total. The first-order valence-electron chi connectivity index (χ1n) is 9.33. The third kappa shape index (κ3) is 4.27. The van der Waals surface area contributed by atoms with Crippen LogP contribution in [0, 0.1) is 0 Å². The average molecular weight is 381 g/mol. The van der Waals surface area contributed by atoms with Crippen molar-refractivity contribution in [3.05, 3.63) is 54.9 Å². The van der Waals surface area contributed by atoms with Gasteiger partial charge in [-0.15, -0.1) is 0 Å². The SMILES string of the molecule is O=C(N[C@@H](CCn1cncn1)c1ccccc1)N1CCN(c2ncn[nH]2)CC1. The fraction of sp³-hybridized carbons (Fsp3) is 0.389. The number of carbonyl (C=O) groups excluding carboxylic acids is 1. The first kappa shape index (κ1) is 18.0. The second-order valence-electron chi connectivity index (χ2n) is 6.64. The van der Waals surface area contributed by atoms with Crippen LogP contribution in [0.3, 0.4) is 0 Å². The largest absolute Gasteiger partial charge is 0.338 e. The molecule has 1 atom stereocenters. The zero-order valence-corrected chi connectivity index (χ0v) is 15.5. The number of hydrogen-bond acceptors (Lipinski definition) is 6. The summed E-state index contributed by atoms with van der Waals surface area (Å²) in [5, 5.41) is 14.1. The number of aryl methyl sites for hydroxylation is 1. The molecule has 3 aromatic rings. The van der Waals surface area contributed by atoms with Crippen LogP contribution in [0.2, 0.25) is 0 Å². The van der Waals surface area contributed by atoms with E-state index in [0.717, 1.165) is 31.0 Å². The lowest BCUT2D eigenvalue weighted by atomic mass is 10.0. The summed E-state index contributed by atoms with van der Waals surface area (Å²) in [4.78, 5) is 24.9. The third-order valence-electron chi connectivity index (χ3n) is 4.88. The highest BCUT2D eigenvalue weighted by Gasteiger charge is 2.24. The molecular formula is C18H23N9O. The molecule has 2 aromatic heterocycles. The van der Waals surface area contributed by atoms with Gasteiger partial charge in [0.1, 0.15) is 19.0 Å². The lowest BCUT2D eigenvalue weighted by Crippen LogP contribution is -2.52. The van der Waals surface area contributed by atoms with Crippen molar-refractivity contribution in [2.24, 2.45) is 0 Å². The third-order valence-corrected chi connectivity index (χ3v) is 4.88. The average Bonchev–Trinajstić information content (AvgIpc) is 3.46. The Balaban J connectivity index is 1.36. The van der Waals surface area contributed by atoms with Gasteiger partial charge in [-0.3, -0.25) is 4.68 Å². The van der Waals surface area contributed by atoms with Crippen LogP contribution in [-0.2, 0) is 6.54 Å². The van der Waals surface area contributed by atoms with Crippen LogP contribution in [0.15, 0.2) is 49.3 Å². The zero-order chi connectivity index (χ0) is 19.2. The van der Waals surface area contributed by atoms with Gasteiger partial charge in [0.2, 0.25) is 5.95 Å². The number of H-pyrrole nitrogens is 1. The van der Waals surface area contributed by atoms with Crippen LogP contribution in [0.4, 0.5) is 10.7 Å². The Kier molecular flexibility index (Phi) is 5.46. The lowest BCUT2D eigenvalue weighted by molar-refractivity contribution is 0.189. The summed E-state index contributed by atoms with van der Waals surface area (Å²) < 4.78 is 1.78. The molecule has 0 saturated carbocycles. The smallest absolute Gasteiger partial charge is 0.318 e. The Morgan fingerprint density at radius 3 is 2.64 bits per heavy atom. The molecule has 0 radical (unpaired) electrons. The summed E-state index contributed by atoms with van der Waals surface area (Å²) in [6.45, 7) is 3.39. The first-order valence-corrected chi connectivity index (χ1v) is 9.33. The summed E-state index contributed by atoms with van der Waals surface area (Å²) in [5.41, 5.74) is 1.08. The Labute approximate surface area is 162 Å². The number of amides is 2. The number of carbonyl (C=O) groups is 1. The number of anilines is 1. The highest BCUT2D eigenvalue weighted by molar-refractivity contribution is 5.75. The quantitative estimate of drug-likeness (QED) is 0.661. The van der Waals surface area contributed by atoms with Crippen LogP contribution in [0.25, 0.3) is 0 Å². The first-order chi connectivity index (χ1) is 13.8. The minimum atomic E-state index is -0.0924. The number of aromatic amines is 1. The van der Waals surface area contributed by atoms with Crippen molar-refractivity contribution in [1.29, 1.82) is 0 Å². The van der Waals surface area contributed by atoms with E-state index in [0.29, 0.717) is 19.6 Å². The number of hydrogen-bond donors (Lipinski definition) is 2. The number of urea groups is 1. The van der Waals surface area contributed by atoms with Crippen molar-refractivity contribution < 1.29 is 4.79 Å². The maximum absolute atomic E-state index is 12.9. The van der Waals surface area contributed by atoms with Gasteiger partial charge in [0, 0.05) is 32.7 Å². The predicted octanol–water partition coefficient (Wildman–Crippen LogP) is 1.06. The monoisotopic (exact) mass is 381 g/mol. The van der Waals surface area contributed by atoms with Gasteiger partial charge in [0.15, 0.2) is 0 Å². The van der Waals surface area contributed by atoms with Crippen LogP contribution in [-0.4, -0.2) is 67.1 Å². The molecule has 2 amide bonds. The topological polar surface area (TPSA) is 108 Å². The molecule has 3 heterocycles. The lowest BCUT2D eigenvalue weighted by Gasteiger charge is -2.35. The Morgan fingerprint density at radius 2 is 1.96 bits per heavy atom. The molecule has 10 heteroatoms. The minimum Gasteiger partial charge on any atom is -0.338 e. The van der Waals surface area contributed by atoms with Gasteiger partial charge in [0.05, 0.1) is 6.04 Å². The van der Waals surface area contributed by atoms with Gasteiger partial charge < -0.3 is 15.1 Å². The van der Waals surface area contributed by atoms with E-state index in [-0.39, 0.29) is 12.1 Å². The van der Waals surface area contributed by atoms with E-state index in [1.54, 1.807) is 11.0 Å². The van der Waals surface area contributed by atoms with E-state index < -0.39 is 0 Å². The van der Waals surface area contributed by atoms with E-state index in [2.05, 4.69) is 35.5 Å². The van der Waals surface area contributed by atoms with Crippen molar-refractivity contribution in [3.8, 4) is 0 Å². The van der Waals surface area contributed by atoms with Crippen LogP contribution in [0.5, 0.6) is 0 Å². The molecule has 1 saturated heterocycles. The predicted molar refractivity (Wildman–Crippen MR) is 103 cm³/mol. The van der Waals surface area contributed by atoms with Crippen LogP contribution < -0.4 is 10.2 Å². The number of rotatable bonds is 6. The number of nitrogens with zero attached hydrogens (tertiary/aromatic N) is 7. The maximum atomic E-state index is 12.9. The molecule has 1 aliphatic heterocycles. The highest BCUT2D eigenvalue weighted by atomic mass is 16.2. The number of benzene rings is 1. The van der Waals surface area contributed by atoms with Crippen LogP contribution in [0.1, 0.15) is 18.0 Å². The van der Waals surface area contributed by atoms with Gasteiger partial charge >= 0.3 is 6.03 Å². The Morgan fingerprint density at radius 1 is 1.14 bits per heavy atom. The van der Waals surface area contributed by atoms with Crippen molar-refractivity contribution in [3.63, 3.8) is 0 Å². The number of aromatic nitrogens is 6.